The Labute approximate surface area is 268 Å². The Bertz CT molecular complexity index is 1970. The van der Waals surface area contributed by atoms with E-state index in [-0.39, 0.29) is 52.7 Å². The molecular formula is C33H31F3N4O6S. The van der Waals surface area contributed by atoms with Crippen LogP contribution in [0.25, 0.3) is 16.8 Å². The van der Waals surface area contributed by atoms with Crippen LogP contribution in [-0.4, -0.2) is 79.1 Å². The number of carbonyl (C=O) groups is 2. The molecule has 1 atom stereocenters. The van der Waals surface area contributed by atoms with E-state index in [2.05, 4.69) is 5.10 Å². The molecule has 1 aromatic heterocycles. The van der Waals surface area contributed by atoms with Gasteiger partial charge in [-0.3, -0.25) is 9.59 Å². The molecular weight excluding hydrogens is 637 g/mol. The van der Waals surface area contributed by atoms with Gasteiger partial charge in [0, 0.05) is 36.2 Å². The maximum atomic E-state index is 14.3. The summed E-state index contributed by atoms with van der Waals surface area (Å²) in [5.74, 6) is -1.00. The second-order valence-electron chi connectivity index (χ2n) is 11.5. The van der Waals surface area contributed by atoms with Crippen molar-refractivity contribution in [3.8, 4) is 22.6 Å². The molecule has 246 valence electrons. The van der Waals surface area contributed by atoms with Gasteiger partial charge >= 0.3 is 6.18 Å². The number of fused-ring (bicyclic) bond motifs is 1. The number of ether oxygens (including phenoxy) is 1. The lowest BCUT2D eigenvalue weighted by Gasteiger charge is -2.29. The number of aliphatic hydroxyl groups excluding tert-OH is 1. The van der Waals surface area contributed by atoms with Crippen LogP contribution in [0.5, 0.6) is 5.75 Å². The minimum atomic E-state index is -4.87. The largest absolute Gasteiger partial charge is 0.497 e. The van der Waals surface area contributed by atoms with E-state index < -0.39 is 39.6 Å². The molecule has 2 amide bonds. The standard InChI is InChI=1S/C33H31F3N4O6S/c1-46-23-13-14-27(26(18-23)31(42)38-16-5-6-22(38)19-41)40-29-25(30(37-40)33(34,35)36)15-17-39(32(29)43)21-11-9-20(10-12-21)24-7-3-4-8-28(24)47(2,44)45/h3-4,7-14,18,22,41H,5-6,15-17,19H2,1-2H3/t22-/m0/s1. The summed E-state index contributed by atoms with van der Waals surface area (Å²) in [4.78, 5) is 30.9. The van der Waals surface area contributed by atoms with E-state index in [1.165, 1.54) is 41.2 Å². The third kappa shape index (κ3) is 5.87. The van der Waals surface area contributed by atoms with Crippen LogP contribution >= 0.6 is 0 Å². The van der Waals surface area contributed by atoms with Gasteiger partial charge in [-0.2, -0.15) is 18.3 Å². The van der Waals surface area contributed by atoms with E-state index in [0.29, 0.717) is 36.2 Å². The highest BCUT2D eigenvalue weighted by atomic mass is 32.2. The summed E-state index contributed by atoms with van der Waals surface area (Å²) in [5, 5.41) is 13.7. The van der Waals surface area contributed by atoms with Gasteiger partial charge in [-0.05, 0) is 61.2 Å². The summed E-state index contributed by atoms with van der Waals surface area (Å²) in [5.41, 5.74) is -0.436. The summed E-state index contributed by atoms with van der Waals surface area (Å²) in [6.07, 6.45) is -2.70. The number of aliphatic hydroxyl groups is 1. The molecule has 1 N–H and O–H groups in total. The zero-order chi connectivity index (χ0) is 33.7. The van der Waals surface area contributed by atoms with E-state index in [4.69, 9.17) is 4.74 Å². The molecule has 0 unspecified atom stereocenters. The zero-order valence-electron chi connectivity index (χ0n) is 25.5. The molecule has 2 aliphatic heterocycles. The summed E-state index contributed by atoms with van der Waals surface area (Å²) >= 11 is 0. The van der Waals surface area contributed by atoms with Crippen molar-refractivity contribution < 1.29 is 41.0 Å². The quantitative estimate of drug-likeness (QED) is 0.301. The molecule has 2 aliphatic rings. The number of nitrogens with zero attached hydrogens (tertiary/aromatic N) is 4. The van der Waals surface area contributed by atoms with Crippen LogP contribution in [0.1, 0.15) is 44.9 Å². The lowest BCUT2D eigenvalue weighted by molar-refractivity contribution is -0.141. The number of rotatable bonds is 7. The normalized spacial score (nSPS) is 16.8. The molecule has 6 rings (SSSR count). The molecule has 0 radical (unpaired) electrons. The fraction of sp³-hybridized carbons (Fsp3) is 0.303. The number of alkyl halides is 3. The molecule has 0 bridgehead atoms. The van der Waals surface area contributed by atoms with Crippen LogP contribution in [0.4, 0.5) is 18.9 Å². The van der Waals surface area contributed by atoms with E-state index in [9.17, 15) is 36.3 Å². The fourth-order valence-corrected chi connectivity index (χ4v) is 7.21. The van der Waals surface area contributed by atoms with E-state index in [0.717, 1.165) is 10.9 Å². The number of amides is 2. The number of hydrogen-bond donors (Lipinski definition) is 1. The van der Waals surface area contributed by atoms with Gasteiger partial charge in [-0.1, -0.05) is 30.3 Å². The van der Waals surface area contributed by atoms with Gasteiger partial charge in [-0.15, -0.1) is 0 Å². The summed E-state index contributed by atoms with van der Waals surface area (Å²) in [6.45, 7) is 0.00976. The molecule has 1 saturated heterocycles. The Morgan fingerprint density at radius 2 is 1.79 bits per heavy atom. The second-order valence-corrected chi connectivity index (χ2v) is 13.5. The van der Waals surface area contributed by atoms with Crippen molar-refractivity contribution >= 4 is 27.3 Å². The molecule has 3 heterocycles. The van der Waals surface area contributed by atoms with Crippen LogP contribution < -0.4 is 9.64 Å². The monoisotopic (exact) mass is 668 g/mol. The predicted octanol–water partition coefficient (Wildman–Crippen LogP) is 4.77. The van der Waals surface area contributed by atoms with Crippen molar-refractivity contribution in [3.63, 3.8) is 0 Å². The average Bonchev–Trinajstić information content (AvgIpc) is 3.70. The first-order valence-corrected chi connectivity index (χ1v) is 16.7. The van der Waals surface area contributed by atoms with Gasteiger partial charge in [0.1, 0.15) is 11.4 Å². The number of methoxy groups -OCH3 is 1. The van der Waals surface area contributed by atoms with Gasteiger partial charge in [0.15, 0.2) is 15.5 Å². The third-order valence-electron chi connectivity index (χ3n) is 8.57. The summed E-state index contributed by atoms with van der Waals surface area (Å²) in [7, 11) is -2.14. The predicted molar refractivity (Wildman–Crippen MR) is 167 cm³/mol. The number of sulfone groups is 1. The minimum absolute atomic E-state index is 0.0254. The average molecular weight is 669 g/mol. The molecule has 10 nitrogen and oxygen atoms in total. The Morgan fingerprint density at radius 3 is 2.45 bits per heavy atom. The van der Waals surface area contributed by atoms with Gasteiger partial charge in [-0.25, -0.2) is 13.1 Å². The van der Waals surface area contributed by atoms with E-state index >= 15 is 0 Å². The number of aromatic nitrogens is 2. The lowest BCUT2D eigenvalue weighted by atomic mass is 10.0. The van der Waals surface area contributed by atoms with Gasteiger partial charge in [0.05, 0.1) is 35.9 Å². The van der Waals surface area contributed by atoms with Crippen LogP contribution in [0.2, 0.25) is 0 Å². The van der Waals surface area contributed by atoms with Gasteiger partial charge < -0.3 is 19.6 Å². The SMILES string of the molecule is COc1ccc(-n2nc(C(F)(F)F)c3c2C(=O)N(c2ccc(-c4ccccc4S(C)(=O)=O)cc2)CC3)c(C(=O)N2CCC[C@H]2CO)c1. The number of anilines is 1. The molecule has 4 aromatic rings. The summed E-state index contributed by atoms with van der Waals surface area (Å²) in [6, 6.07) is 16.8. The van der Waals surface area contributed by atoms with Crippen LogP contribution in [0.15, 0.2) is 71.6 Å². The highest BCUT2D eigenvalue weighted by Gasteiger charge is 2.44. The molecule has 3 aromatic carbocycles. The minimum Gasteiger partial charge on any atom is -0.497 e. The van der Waals surface area contributed by atoms with Crippen molar-refractivity contribution in [2.75, 3.05) is 38.0 Å². The van der Waals surface area contributed by atoms with Crippen molar-refractivity contribution in [2.24, 2.45) is 0 Å². The third-order valence-corrected chi connectivity index (χ3v) is 9.73. The Morgan fingerprint density at radius 1 is 1.06 bits per heavy atom. The molecule has 47 heavy (non-hydrogen) atoms. The van der Waals surface area contributed by atoms with Gasteiger partial charge in [0.25, 0.3) is 11.8 Å². The number of carbonyl (C=O) groups excluding carboxylic acids is 2. The van der Waals surface area contributed by atoms with Crippen molar-refractivity contribution in [3.05, 3.63) is 89.2 Å². The topological polar surface area (TPSA) is 122 Å². The van der Waals surface area contributed by atoms with Crippen LogP contribution in [0, 0.1) is 0 Å². The van der Waals surface area contributed by atoms with E-state index in [1.54, 1.807) is 42.5 Å². The molecule has 14 heteroatoms. The number of hydrogen-bond acceptors (Lipinski definition) is 7. The van der Waals surface area contributed by atoms with E-state index in [1.807, 2.05) is 0 Å². The lowest BCUT2D eigenvalue weighted by Crippen LogP contribution is -2.40. The maximum absolute atomic E-state index is 14.3. The first kappa shape index (κ1) is 32.3. The zero-order valence-corrected chi connectivity index (χ0v) is 26.3. The highest BCUT2D eigenvalue weighted by Crippen LogP contribution is 2.39. The molecule has 0 saturated carbocycles. The second kappa shape index (κ2) is 12.2. The Balaban J connectivity index is 1.44. The van der Waals surface area contributed by atoms with Crippen molar-refractivity contribution in [2.45, 2.75) is 36.4 Å². The smallest absolute Gasteiger partial charge is 0.435 e. The van der Waals surface area contributed by atoms with Crippen LogP contribution in [-0.2, 0) is 22.4 Å². The Kier molecular flexibility index (Phi) is 8.34. The number of benzene rings is 3. The Hall–Kier alpha value is -4.69. The highest BCUT2D eigenvalue weighted by molar-refractivity contribution is 7.90. The van der Waals surface area contributed by atoms with Crippen LogP contribution in [0.3, 0.4) is 0 Å². The van der Waals surface area contributed by atoms with Crippen molar-refractivity contribution in [1.82, 2.24) is 14.7 Å². The first-order valence-electron chi connectivity index (χ1n) is 14.8. The molecule has 0 aliphatic carbocycles. The van der Waals surface area contributed by atoms with Gasteiger partial charge in [0.2, 0.25) is 0 Å². The first-order chi connectivity index (χ1) is 22.3. The molecule has 1 fully saturated rings. The fourth-order valence-electron chi connectivity index (χ4n) is 6.30. The number of likely N-dealkylation sites (tertiary alicyclic amines) is 1. The van der Waals surface area contributed by atoms with Crippen molar-refractivity contribution in [1.29, 1.82) is 0 Å². The maximum Gasteiger partial charge on any atom is 0.435 e. The number of halogens is 3. The summed E-state index contributed by atoms with van der Waals surface area (Å²) < 4.78 is 73.9. The molecule has 0 spiro atoms.